The second-order valence-electron chi connectivity index (χ2n) is 4.40. The Labute approximate surface area is 111 Å². The van der Waals surface area contributed by atoms with Crippen LogP contribution in [0.4, 0.5) is 5.69 Å². The van der Waals surface area contributed by atoms with Crippen molar-refractivity contribution in [2.24, 2.45) is 10.7 Å². The van der Waals surface area contributed by atoms with E-state index in [1.165, 1.54) is 6.21 Å². The molecule has 0 unspecified atom stereocenters. The van der Waals surface area contributed by atoms with E-state index in [-0.39, 0.29) is 12.0 Å². The van der Waals surface area contributed by atoms with Gasteiger partial charge < -0.3 is 15.8 Å². The first-order valence-electron chi connectivity index (χ1n) is 6.00. The number of ether oxygens (including phenoxy) is 1. The van der Waals surface area contributed by atoms with Crippen LogP contribution in [0.1, 0.15) is 13.8 Å². The van der Waals surface area contributed by atoms with Gasteiger partial charge >= 0.3 is 0 Å². The molecule has 6 nitrogen and oxygen atoms in total. The monoisotopic (exact) mass is 260 g/mol. The topological polar surface area (TPSA) is 89.6 Å². The largest absolute Gasteiger partial charge is 0.475 e. The van der Waals surface area contributed by atoms with Gasteiger partial charge in [-0.15, -0.1) is 0 Å². The average molecular weight is 260 g/mol. The molecule has 1 aromatic rings. The van der Waals surface area contributed by atoms with Crippen LogP contribution >= 0.6 is 0 Å². The van der Waals surface area contributed by atoms with E-state index in [1.54, 1.807) is 18.3 Å². The van der Waals surface area contributed by atoms with Crippen molar-refractivity contribution < 1.29 is 9.53 Å². The van der Waals surface area contributed by atoms with Crippen LogP contribution in [0.2, 0.25) is 0 Å². The van der Waals surface area contributed by atoms with Gasteiger partial charge in [-0.1, -0.05) is 0 Å². The molecular weight excluding hydrogens is 244 g/mol. The van der Waals surface area contributed by atoms with Crippen molar-refractivity contribution >= 4 is 17.8 Å². The van der Waals surface area contributed by atoms with Crippen molar-refractivity contribution in [3.63, 3.8) is 0 Å². The summed E-state index contributed by atoms with van der Waals surface area (Å²) in [6, 6.07) is 3.50. The van der Waals surface area contributed by atoms with E-state index in [1.807, 2.05) is 13.8 Å². The number of hydrogen-bond donors (Lipinski definition) is 2. The highest BCUT2D eigenvalue weighted by Gasteiger charge is 2.18. The van der Waals surface area contributed by atoms with Gasteiger partial charge in [-0.25, -0.2) is 4.98 Å². The van der Waals surface area contributed by atoms with Crippen LogP contribution in [-0.2, 0) is 4.79 Å². The van der Waals surface area contributed by atoms with Gasteiger partial charge in [0.1, 0.15) is 0 Å². The Morgan fingerprint density at radius 3 is 2.84 bits per heavy atom. The maximum Gasteiger partial charge on any atom is 0.254 e. The van der Waals surface area contributed by atoms with Crippen LogP contribution < -0.4 is 15.8 Å². The van der Waals surface area contributed by atoms with Gasteiger partial charge in [-0.2, -0.15) is 0 Å². The number of carbonyl (C=O) groups excluding carboxylic acids is 1. The molecule has 0 aliphatic carbocycles. The Morgan fingerprint density at radius 2 is 2.32 bits per heavy atom. The number of nitrogens with one attached hydrogen (secondary N) is 1. The summed E-state index contributed by atoms with van der Waals surface area (Å²) in [4.78, 5) is 19.7. The van der Waals surface area contributed by atoms with Crippen LogP contribution in [-0.4, -0.2) is 29.8 Å². The lowest BCUT2D eigenvalue weighted by molar-refractivity contribution is -0.116. The number of aromatic nitrogens is 1. The molecule has 0 radical (unpaired) electrons. The first-order valence-corrected chi connectivity index (χ1v) is 6.00. The number of nitrogens with two attached hydrogens (primary N) is 1. The molecule has 2 rings (SSSR count). The SMILES string of the molecule is CC(C)Oc1ccc(N=CC2=C(N)CNC2=O)cn1. The highest BCUT2D eigenvalue weighted by molar-refractivity contribution is 6.15. The van der Waals surface area contributed by atoms with Gasteiger partial charge in [0.15, 0.2) is 0 Å². The smallest absolute Gasteiger partial charge is 0.254 e. The third-order valence-corrected chi connectivity index (χ3v) is 2.45. The van der Waals surface area contributed by atoms with Gasteiger partial charge in [0.2, 0.25) is 5.88 Å². The molecule has 0 saturated carbocycles. The van der Waals surface area contributed by atoms with Gasteiger partial charge in [0, 0.05) is 18.0 Å². The van der Waals surface area contributed by atoms with E-state index >= 15 is 0 Å². The van der Waals surface area contributed by atoms with Crippen molar-refractivity contribution in [1.82, 2.24) is 10.3 Å². The van der Waals surface area contributed by atoms with E-state index in [0.717, 1.165) is 0 Å². The van der Waals surface area contributed by atoms with Crippen LogP contribution in [0, 0.1) is 0 Å². The Hall–Kier alpha value is -2.37. The average Bonchev–Trinajstić information content (AvgIpc) is 2.68. The molecule has 100 valence electrons. The number of hydrogen-bond acceptors (Lipinski definition) is 5. The van der Waals surface area contributed by atoms with Gasteiger partial charge in [0.25, 0.3) is 5.91 Å². The van der Waals surface area contributed by atoms with Crippen LogP contribution in [0.3, 0.4) is 0 Å². The van der Waals surface area contributed by atoms with E-state index in [2.05, 4.69) is 15.3 Å². The molecule has 1 aromatic heterocycles. The molecule has 0 aromatic carbocycles. The Kier molecular flexibility index (Phi) is 3.79. The normalized spacial score (nSPS) is 15.4. The fourth-order valence-electron chi connectivity index (χ4n) is 1.55. The lowest BCUT2D eigenvalue weighted by Crippen LogP contribution is -2.18. The van der Waals surface area contributed by atoms with E-state index < -0.39 is 0 Å². The molecule has 0 bridgehead atoms. The quantitative estimate of drug-likeness (QED) is 0.787. The number of carbonyl (C=O) groups is 1. The maximum atomic E-state index is 11.4. The summed E-state index contributed by atoms with van der Waals surface area (Å²) in [6.07, 6.45) is 3.11. The fourth-order valence-corrected chi connectivity index (χ4v) is 1.55. The molecule has 6 heteroatoms. The zero-order chi connectivity index (χ0) is 13.8. The number of nitrogens with zero attached hydrogens (tertiary/aromatic N) is 2. The lowest BCUT2D eigenvalue weighted by atomic mass is 10.2. The zero-order valence-corrected chi connectivity index (χ0v) is 10.9. The molecule has 1 aliphatic heterocycles. The number of amides is 1. The third-order valence-electron chi connectivity index (χ3n) is 2.45. The van der Waals surface area contributed by atoms with E-state index in [0.29, 0.717) is 29.4 Å². The number of aliphatic imine (C=N–C) groups is 1. The van der Waals surface area contributed by atoms with Crippen LogP contribution in [0.25, 0.3) is 0 Å². The summed E-state index contributed by atoms with van der Waals surface area (Å²) in [5, 5.41) is 2.62. The van der Waals surface area contributed by atoms with Crippen LogP contribution in [0.5, 0.6) is 5.88 Å². The predicted octanol–water partition coefficient (Wildman–Crippen LogP) is 0.914. The Balaban J connectivity index is 2.07. The Bertz CT molecular complexity index is 532. The first-order chi connectivity index (χ1) is 9.06. The molecule has 19 heavy (non-hydrogen) atoms. The summed E-state index contributed by atoms with van der Waals surface area (Å²) in [5.74, 6) is 0.347. The van der Waals surface area contributed by atoms with Crippen molar-refractivity contribution in [3.8, 4) is 5.88 Å². The summed E-state index contributed by atoms with van der Waals surface area (Å²) in [6.45, 7) is 4.24. The minimum absolute atomic E-state index is 0.0778. The lowest BCUT2D eigenvalue weighted by Gasteiger charge is -2.07. The van der Waals surface area contributed by atoms with Crippen molar-refractivity contribution in [1.29, 1.82) is 0 Å². The summed E-state index contributed by atoms with van der Waals surface area (Å²) in [5.41, 5.74) is 7.22. The summed E-state index contributed by atoms with van der Waals surface area (Å²) >= 11 is 0. The highest BCUT2D eigenvalue weighted by atomic mass is 16.5. The summed E-state index contributed by atoms with van der Waals surface area (Å²) < 4.78 is 5.42. The minimum atomic E-state index is -0.200. The Morgan fingerprint density at radius 1 is 1.53 bits per heavy atom. The van der Waals surface area contributed by atoms with Crippen LogP contribution in [0.15, 0.2) is 34.6 Å². The van der Waals surface area contributed by atoms with E-state index in [9.17, 15) is 4.79 Å². The van der Waals surface area contributed by atoms with Crippen molar-refractivity contribution in [3.05, 3.63) is 29.6 Å². The van der Waals surface area contributed by atoms with Crippen molar-refractivity contribution in [2.45, 2.75) is 20.0 Å². The molecule has 0 fully saturated rings. The highest BCUT2D eigenvalue weighted by Crippen LogP contribution is 2.16. The molecule has 0 atom stereocenters. The number of pyridine rings is 1. The molecular formula is C13H16N4O2. The van der Waals surface area contributed by atoms with Crippen molar-refractivity contribution in [2.75, 3.05) is 6.54 Å². The van der Waals surface area contributed by atoms with Gasteiger partial charge in [-0.05, 0) is 19.9 Å². The standard InChI is InChI=1S/C13H16N4O2/c1-8(2)19-12-4-3-9(5-16-12)15-6-10-11(14)7-17-13(10)18/h3-6,8H,7,14H2,1-2H3,(H,17,18). The fraction of sp³-hybridized carbons (Fsp3) is 0.308. The molecule has 2 heterocycles. The summed E-state index contributed by atoms with van der Waals surface area (Å²) in [7, 11) is 0. The van der Waals surface area contributed by atoms with Gasteiger partial charge in [-0.3, -0.25) is 9.79 Å². The first kappa shape index (κ1) is 13.1. The maximum absolute atomic E-state index is 11.4. The molecule has 1 aliphatic rings. The minimum Gasteiger partial charge on any atom is -0.475 e. The molecule has 0 spiro atoms. The van der Waals surface area contributed by atoms with Gasteiger partial charge in [0.05, 0.1) is 30.1 Å². The van der Waals surface area contributed by atoms with E-state index in [4.69, 9.17) is 10.5 Å². The molecule has 1 amide bonds. The second kappa shape index (κ2) is 5.51. The molecule has 3 N–H and O–H groups in total. The number of rotatable bonds is 4. The second-order valence-corrected chi connectivity index (χ2v) is 4.40. The molecule has 0 saturated heterocycles. The predicted molar refractivity (Wildman–Crippen MR) is 72.4 cm³/mol. The third kappa shape index (κ3) is 3.31. The zero-order valence-electron chi connectivity index (χ0n) is 10.9.